The number of amides is 2. The van der Waals surface area contributed by atoms with Gasteiger partial charge in [0.25, 0.3) is 5.91 Å². The Balaban J connectivity index is 2.14. The third kappa shape index (κ3) is 2.18. The summed E-state index contributed by atoms with van der Waals surface area (Å²) < 4.78 is 5.02. The zero-order valence-corrected chi connectivity index (χ0v) is 9.79. The van der Waals surface area contributed by atoms with Gasteiger partial charge >= 0.3 is 0 Å². The van der Waals surface area contributed by atoms with Crippen molar-refractivity contribution in [3.63, 3.8) is 0 Å². The van der Waals surface area contributed by atoms with Crippen molar-refractivity contribution in [2.24, 2.45) is 0 Å². The molecule has 1 aliphatic carbocycles. The van der Waals surface area contributed by atoms with Gasteiger partial charge in [-0.25, -0.2) is 0 Å². The number of nitrogens with one attached hydrogen (secondary N) is 2. The molecule has 2 amide bonds. The fourth-order valence-corrected chi connectivity index (χ4v) is 2.31. The molecule has 5 heteroatoms. The van der Waals surface area contributed by atoms with Crippen LogP contribution in [0.5, 0.6) is 0 Å². The third-order valence-corrected chi connectivity index (χ3v) is 3.22. The van der Waals surface area contributed by atoms with Crippen molar-refractivity contribution >= 4 is 11.8 Å². The minimum atomic E-state index is -0.765. The van der Waals surface area contributed by atoms with Crippen LogP contribution in [-0.4, -0.2) is 24.4 Å². The number of furan rings is 1. The number of likely N-dealkylation sites (N-methyl/N-ethyl adjacent to an activating group) is 1. The van der Waals surface area contributed by atoms with Gasteiger partial charge in [-0.15, -0.1) is 0 Å². The van der Waals surface area contributed by atoms with Crippen LogP contribution in [0.15, 0.2) is 22.8 Å². The molecule has 1 saturated carbocycles. The molecular formula is C12H16N2O3. The molecular weight excluding hydrogens is 220 g/mol. The Labute approximate surface area is 99.6 Å². The van der Waals surface area contributed by atoms with Crippen LogP contribution in [0, 0.1) is 0 Å². The molecule has 0 aromatic carbocycles. The van der Waals surface area contributed by atoms with Crippen LogP contribution in [0.4, 0.5) is 0 Å². The van der Waals surface area contributed by atoms with E-state index in [0.717, 1.165) is 12.8 Å². The fraction of sp³-hybridized carbons (Fsp3) is 0.500. The SMILES string of the molecule is CNC(=O)C1(NC(=O)c2ccco2)CCCC1. The Morgan fingerprint density at radius 2 is 2.06 bits per heavy atom. The highest BCUT2D eigenvalue weighted by Crippen LogP contribution is 2.30. The van der Waals surface area contributed by atoms with Gasteiger partial charge in [0, 0.05) is 7.05 Å². The van der Waals surface area contributed by atoms with Crippen LogP contribution in [0.3, 0.4) is 0 Å². The maximum Gasteiger partial charge on any atom is 0.287 e. The van der Waals surface area contributed by atoms with E-state index in [0.29, 0.717) is 12.8 Å². The number of carbonyl (C=O) groups excluding carboxylic acids is 2. The van der Waals surface area contributed by atoms with Crippen LogP contribution in [0.2, 0.25) is 0 Å². The molecule has 0 bridgehead atoms. The average molecular weight is 236 g/mol. The van der Waals surface area contributed by atoms with E-state index in [1.54, 1.807) is 19.2 Å². The van der Waals surface area contributed by atoms with Crippen molar-refractivity contribution in [1.82, 2.24) is 10.6 Å². The van der Waals surface area contributed by atoms with E-state index in [-0.39, 0.29) is 17.6 Å². The average Bonchev–Trinajstić information content (AvgIpc) is 2.99. The molecule has 0 radical (unpaired) electrons. The maximum absolute atomic E-state index is 11.9. The Bertz CT molecular complexity index is 405. The van der Waals surface area contributed by atoms with E-state index < -0.39 is 5.54 Å². The van der Waals surface area contributed by atoms with Crippen molar-refractivity contribution in [1.29, 1.82) is 0 Å². The first-order valence-electron chi connectivity index (χ1n) is 5.76. The molecule has 2 rings (SSSR count). The second-order valence-electron chi connectivity index (χ2n) is 4.30. The summed E-state index contributed by atoms with van der Waals surface area (Å²) in [5.41, 5.74) is -0.765. The predicted octanol–water partition coefficient (Wildman–Crippen LogP) is 1.07. The molecule has 1 aromatic heterocycles. The van der Waals surface area contributed by atoms with Crippen LogP contribution in [0.25, 0.3) is 0 Å². The molecule has 0 spiro atoms. The summed E-state index contributed by atoms with van der Waals surface area (Å²) >= 11 is 0. The second-order valence-corrected chi connectivity index (χ2v) is 4.30. The summed E-state index contributed by atoms with van der Waals surface area (Å²) in [7, 11) is 1.58. The van der Waals surface area contributed by atoms with Crippen molar-refractivity contribution in [3.8, 4) is 0 Å². The minimum Gasteiger partial charge on any atom is -0.459 e. The lowest BCUT2D eigenvalue weighted by atomic mass is 9.96. The van der Waals surface area contributed by atoms with Gasteiger partial charge in [0.05, 0.1) is 6.26 Å². The lowest BCUT2D eigenvalue weighted by Gasteiger charge is -2.27. The summed E-state index contributed by atoms with van der Waals surface area (Å²) in [5.74, 6) is -0.226. The summed E-state index contributed by atoms with van der Waals surface area (Å²) in [6, 6.07) is 3.23. The topological polar surface area (TPSA) is 71.3 Å². The van der Waals surface area contributed by atoms with Gasteiger partial charge in [0.15, 0.2) is 5.76 Å². The van der Waals surface area contributed by atoms with Gasteiger partial charge in [-0.1, -0.05) is 12.8 Å². The highest BCUT2D eigenvalue weighted by Gasteiger charge is 2.42. The minimum absolute atomic E-state index is 0.130. The number of carbonyl (C=O) groups is 2. The largest absolute Gasteiger partial charge is 0.459 e. The Hall–Kier alpha value is -1.78. The first kappa shape index (κ1) is 11.7. The molecule has 1 heterocycles. The summed E-state index contributed by atoms with van der Waals surface area (Å²) in [6.07, 6.45) is 4.70. The van der Waals surface area contributed by atoms with Crippen LogP contribution >= 0.6 is 0 Å². The highest BCUT2D eigenvalue weighted by atomic mass is 16.3. The maximum atomic E-state index is 11.9. The molecule has 5 nitrogen and oxygen atoms in total. The van der Waals surface area contributed by atoms with E-state index in [4.69, 9.17) is 4.42 Å². The molecule has 1 fully saturated rings. The second kappa shape index (κ2) is 4.61. The fourth-order valence-electron chi connectivity index (χ4n) is 2.31. The first-order chi connectivity index (χ1) is 8.18. The van der Waals surface area contributed by atoms with Crippen molar-refractivity contribution in [3.05, 3.63) is 24.2 Å². The lowest BCUT2D eigenvalue weighted by molar-refractivity contribution is -0.126. The number of hydrogen-bond donors (Lipinski definition) is 2. The quantitative estimate of drug-likeness (QED) is 0.824. The molecule has 17 heavy (non-hydrogen) atoms. The number of rotatable bonds is 3. The van der Waals surface area contributed by atoms with E-state index in [1.165, 1.54) is 6.26 Å². The standard InChI is InChI=1S/C12H16N2O3/c1-13-11(16)12(6-2-3-7-12)14-10(15)9-5-4-8-17-9/h4-5,8H,2-3,6-7H2,1H3,(H,13,16)(H,14,15). The van der Waals surface area contributed by atoms with Crippen molar-refractivity contribution < 1.29 is 14.0 Å². The molecule has 0 atom stereocenters. The van der Waals surface area contributed by atoms with Gasteiger partial charge in [-0.3, -0.25) is 9.59 Å². The zero-order valence-electron chi connectivity index (χ0n) is 9.79. The first-order valence-corrected chi connectivity index (χ1v) is 5.76. The Morgan fingerprint density at radius 3 is 2.59 bits per heavy atom. The molecule has 0 aliphatic heterocycles. The molecule has 1 aromatic rings. The molecule has 0 unspecified atom stereocenters. The van der Waals surface area contributed by atoms with Gasteiger partial charge in [-0.05, 0) is 25.0 Å². The van der Waals surface area contributed by atoms with Gasteiger partial charge < -0.3 is 15.1 Å². The van der Waals surface area contributed by atoms with Crippen LogP contribution in [-0.2, 0) is 4.79 Å². The molecule has 0 saturated heterocycles. The van der Waals surface area contributed by atoms with Crippen molar-refractivity contribution in [2.75, 3.05) is 7.05 Å². The molecule has 1 aliphatic rings. The Morgan fingerprint density at radius 1 is 1.35 bits per heavy atom. The monoisotopic (exact) mass is 236 g/mol. The van der Waals surface area contributed by atoms with E-state index in [1.807, 2.05) is 0 Å². The normalized spacial score (nSPS) is 17.7. The molecule has 2 N–H and O–H groups in total. The third-order valence-electron chi connectivity index (χ3n) is 3.22. The molecule has 92 valence electrons. The van der Waals surface area contributed by atoms with Gasteiger partial charge in [-0.2, -0.15) is 0 Å². The van der Waals surface area contributed by atoms with Crippen LogP contribution in [0.1, 0.15) is 36.2 Å². The van der Waals surface area contributed by atoms with E-state index in [2.05, 4.69) is 10.6 Å². The van der Waals surface area contributed by atoms with Gasteiger partial charge in [0.2, 0.25) is 5.91 Å². The Kier molecular flexibility index (Phi) is 3.17. The van der Waals surface area contributed by atoms with E-state index in [9.17, 15) is 9.59 Å². The van der Waals surface area contributed by atoms with Gasteiger partial charge in [0.1, 0.15) is 5.54 Å². The zero-order chi connectivity index (χ0) is 12.3. The predicted molar refractivity (Wildman–Crippen MR) is 61.4 cm³/mol. The van der Waals surface area contributed by atoms with E-state index >= 15 is 0 Å². The number of hydrogen-bond acceptors (Lipinski definition) is 3. The summed E-state index contributed by atoms with van der Waals surface area (Å²) in [5, 5.41) is 5.41. The summed E-state index contributed by atoms with van der Waals surface area (Å²) in [4.78, 5) is 23.8. The highest BCUT2D eigenvalue weighted by molar-refractivity contribution is 5.97. The summed E-state index contributed by atoms with van der Waals surface area (Å²) in [6.45, 7) is 0. The lowest BCUT2D eigenvalue weighted by Crippen LogP contribution is -2.56. The smallest absolute Gasteiger partial charge is 0.287 e. The van der Waals surface area contributed by atoms with Crippen molar-refractivity contribution in [2.45, 2.75) is 31.2 Å². The van der Waals surface area contributed by atoms with Crippen LogP contribution < -0.4 is 10.6 Å².